The Morgan fingerprint density at radius 3 is 2.47 bits per heavy atom. The van der Waals surface area contributed by atoms with Crippen molar-refractivity contribution in [3.63, 3.8) is 0 Å². The SMILES string of the molecule is CNc1ccc(C(=O)N(C)CCC(F)(F)F)c(C)c1. The van der Waals surface area contributed by atoms with Crippen molar-refractivity contribution in [1.82, 2.24) is 4.90 Å². The van der Waals surface area contributed by atoms with Crippen LogP contribution in [0.25, 0.3) is 0 Å². The van der Waals surface area contributed by atoms with E-state index in [1.807, 2.05) is 0 Å². The Balaban J connectivity index is 2.77. The highest BCUT2D eigenvalue weighted by Crippen LogP contribution is 2.21. The van der Waals surface area contributed by atoms with Crippen molar-refractivity contribution in [3.05, 3.63) is 29.3 Å². The molecule has 19 heavy (non-hydrogen) atoms. The van der Waals surface area contributed by atoms with Crippen LogP contribution in [0.2, 0.25) is 0 Å². The summed E-state index contributed by atoms with van der Waals surface area (Å²) >= 11 is 0. The van der Waals surface area contributed by atoms with Crippen LogP contribution in [-0.4, -0.2) is 37.6 Å². The van der Waals surface area contributed by atoms with Crippen molar-refractivity contribution in [2.75, 3.05) is 26.0 Å². The summed E-state index contributed by atoms with van der Waals surface area (Å²) in [5.74, 6) is -0.399. The highest BCUT2D eigenvalue weighted by molar-refractivity contribution is 5.95. The van der Waals surface area contributed by atoms with Crippen LogP contribution in [0.1, 0.15) is 22.3 Å². The molecular weight excluding hydrogens is 257 g/mol. The Bertz CT molecular complexity index is 458. The minimum absolute atomic E-state index is 0.338. The molecule has 0 aromatic heterocycles. The zero-order valence-corrected chi connectivity index (χ0v) is 11.1. The van der Waals surface area contributed by atoms with Gasteiger partial charge in [0.1, 0.15) is 0 Å². The van der Waals surface area contributed by atoms with Crippen LogP contribution in [0.5, 0.6) is 0 Å². The second-order valence-corrected chi connectivity index (χ2v) is 4.37. The standard InChI is InChI=1S/C13H17F3N2O/c1-9-8-10(17-2)4-5-11(9)12(19)18(3)7-6-13(14,15)16/h4-5,8,17H,6-7H2,1-3H3. The summed E-state index contributed by atoms with van der Waals surface area (Å²) in [4.78, 5) is 13.1. The van der Waals surface area contributed by atoms with Gasteiger partial charge in [-0.05, 0) is 30.7 Å². The van der Waals surface area contributed by atoms with Gasteiger partial charge < -0.3 is 10.2 Å². The molecule has 1 aromatic carbocycles. The molecule has 1 N–H and O–H groups in total. The molecule has 0 heterocycles. The smallest absolute Gasteiger partial charge is 0.388 e. The normalized spacial score (nSPS) is 11.3. The third-order valence-corrected chi connectivity index (χ3v) is 2.82. The van der Waals surface area contributed by atoms with Gasteiger partial charge in [0.15, 0.2) is 0 Å². The fourth-order valence-corrected chi connectivity index (χ4v) is 1.66. The van der Waals surface area contributed by atoms with Crippen LogP contribution in [0.4, 0.5) is 18.9 Å². The summed E-state index contributed by atoms with van der Waals surface area (Å²) in [5.41, 5.74) is 2.01. The van der Waals surface area contributed by atoms with E-state index >= 15 is 0 Å². The van der Waals surface area contributed by atoms with E-state index in [2.05, 4.69) is 5.32 Å². The molecule has 3 nitrogen and oxygen atoms in total. The Morgan fingerprint density at radius 2 is 2.00 bits per heavy atom. The van der Waals surface area contributed by atoms with E-state index in [1.54, 1.807) is 32.2 Å². The third-order valence-electron chi connectivity index (χ3n) is 2.82. The lowest BCUT2D eigenvalue weighted by molar-refractivity contribution is -0.136. The van der Waals surface area contributed by atoms with Gasteiger partial charge in [-0.3, -0.25) is 4.79 Å². The van der Waals surface area contributed by atoms with E-state index in [0.717, 1.165) is 16.2 Å². The van der Waals surface area contributed by atoms with E-state index in [9.17, 15) is 18.0 Å². The molecule has 0 aliphatic heterocycles. The Kier molecular flexibility index (Phi) is 4.80. The van der Waals surface area contributed by atoms with E-state index in [4.69, 9.17) is 0 Å². The van der Waals surface area contributed by atoms with Crippen molar-refractivity contribution in [1.29, 1.82) is 0 Å². The molecule has 1 aromatic rings. The topological polar surface area (TPSA) is 32.3 Å². The van der Waals surface area contributed by atoms with E-state index < -0.39 is 18.5 Å². The summed E-state index contributed by atoms with van der Waals surface area (Å²) < 4.78 is 36.3. The first kappa shape index (κ1) is 15.3. The maximum Gasteiger partial charge on any atom is 0.390 e. The number of aryl methyl sites for hydroxylation is 1. The van der Waals surface area contributed by atoms with Crippen molar-refractivity contribution in [2.24, 2.45) is 0 Å². The molecule has 0 bridgehead atoms. The number of nitrogens with zero attached hydrogens (tertiary/aromatic N) is 1. The van der Waals surface area contributed by atoms with Crippen molar-refractivity contribution < 1.29 is 18.0 Å². The second-order valence-electron chi connectivity index (χ2n) is 4.37. The second kappa shape index (κ2) is 5.95. The number of carbonyl (C=O) groups excluding carboxylic acids is 1. The molecule has 0 atom stereocenters. The number of amides is 1. The predicted molar refractivity (Wildman–Crippen MR) is 68.4 cm³/mol. The fourth-order valence-electron chi connectivity index (χ4n) is 1.66. The maximum atomic E-state index is 12.1. The van der Waals surface area contributed by atoms with Crippen LogP contribution in [0, 0.1) is 6.92 Å². The molecule has 1 amide bonds. The number of alkyl halides is 3. The lowest BCUT2D eigenvalue weighted by Gasteiger charge is -2.19. The molecule has 1 rings (SSSR count). The fraction of sp³-hybridized carbons (Fsp3) is 0.462. The van der Waals surface area contributed by atoms with Gasteiger partial charge in [-0.2, -0.15) is 13.2 Å². The van der Waals surface area contributed by atoms with Crippen LogP contribution in [-0.2, 0) is 0 Å². The molecule has 0 aliphatic carbocycles. The molecule has 0 radical (unpaired) electrons. The van der Waals surface area contributed by atoms with Gasteiger partial charge in [0, 0.05) is 31.9 Å². The number of benzene rings is 1. The van der Waals surface area contributed by atoms with E-state index in [1.165, 1.54) is 7.05 Å². The average molecular weight is 274 g/mol. The number of rotatable bonds is 4. The molecule has 0 aliphatic rings. The lowest BCUT2D eigenvalue weighted by Crippen LogP contribution is -2.31. The Labute approximate surface area is 110 Å². The van der Waals surface area contributed by atoms with Crippen molar-refractivity contribution >= 4 is 11.6 Å². The van der Waals surface area contributed by atoms with Gasteiger partial charge in [-0.25, -0.2) is 0 Å². The number of hydrogen-bond acceptors (Lipinski definition) is 2. The Hall–Kier alpha value is -1.72. The minimum atomic E-state index is -4.25. The zero-order valence-electron chi connectivity index (χ0n) is 11.1. The number of hydrogen-bond donors (Lipinski definition) is 1. The molecule has 0 unspecified atom stereocenters. The van der Waals surface area contributed by atoms with Crippen molar-refractivity contribution in [3.8, 4) is 0 Å². The third kappa shape index (κ3) is 4.46. The molecule has 106 valence electrons. The number of anilines is 1. The van der Waals surface area contributed by atoms with E-state index in [-0.39, 0.29) is 6.54 Å². The minimum Gasteiger partial charge on any atom is -0.388 e. The van der Waals surface area contributed by atoms with Gasteiger partial charge in [-0.1, -0.05) is 0 Å². The van der Waals surface area contributed by atoms with Crippen molar-refractivity contribution in [2.45, 2.75) is 19.5 Å². The van der Waals surface area contributed by atoms with Crippen LogP contribution < -0.4 is 5.32 Å². The van der Waals surface area contributed by atoms with Crippen LogP contribution in [0.3, 0.4) is 0 Å². The van der Waals surface area contributed by atoms with Gasteiger partial charge >= 0.3 is 6.18 Å². The van der Waals surface area contributed by atoms with Gasteiger partial charge in [0.25, 0.3) is 5.91 Å². The summed E-state index contributed by atoms with van der Waals surface area (Å²) in [6.07, 6.45) is -5.25. The summed E-state index contributed by atoms with van der Waals surface area (Å²) in [6.45, 7) is 1.42. The van der Waals surface area contributed by atoms with Gasteiger partial charge in [-0.15, -0.1) is 0 Å². The number of halogens is 3. The molecule has 0 saturated heterocycles. The summed E-state index contributed by atoms with van der Waals surface area (Å²) in [6, 6.07) is 5.12. The Morgan fingerprint density at radius 1 is 1.37 bits per heavy atom. The molecular formula is C13H17F3N2O. The largest absolute Gasteiger partial charge is 0.390 e. The number of nitrogens with one attached hydrogen (secondary N) is 1. The monoisotopic (exact) mass is 274 g/mol. The quantitative estimate of drug-likeness (QED) is 0.915. The first-order valence-electron chi connectivity index (χ1n) is 5.85. The zero-order chi connectivity index (χ0) is 14.6. The van der Waals surface area contributed by atoms with Crippen LogP contribution in [0.15, 0.2) is 18.2 Å². The lowest BCUT2D eigenvalue weighted by atomic mass is 10.1. The summed E-state index contributed by atoms with van der Waals surface area (Å²) in [5, 5.41) is 2.93. The average Bonchev–Trinajstić information content (AvgIpc) is 2.34. The highest BCUT2D eigenvalue weighted by atomic mass is 19.4. The number of carbonyl (C=O) groups is 1. The predicted octanol–water partition coefficient (Wildman–Crippen LogP) is 3.06. The molecule has 0 saturated carbocycles. The van der Waals surface area contributed by atoms with E-state index in [0.29, 0.717) is 5.56 Å². The first-order chi connectivity index (χ1) is 8.74. The summed E-state index contributed by atoms with van der Waals surface area (Å²) in [7, 11) is 3.13. The molecule has 0 fully saturated rings. The first-order valence-corrected chi connectivity index (χ1v) is 5.85. The maximum absolute atomic E-state index is 12.1. The van der Waals surface area contributed by atoms with Gasteiger partial charge in [0.05, 0.1) is 6.42 Å². The highest BCUT2D eigenvalue weighted by Gasteiger charge is 2.28. The van der Waals surface area contributed by atoms with Gasteiger partial charge in [0.2, 0.25) is 0 Å². The van der Waals surface area contributed by atoms with Crippen LogP contribution >= 0.6 is 0 Å². The molecule has 6 heteroatoms. The molecule has 0 spiro atoms.